The number of carbonyl (C=O) groups is 1. The molecule has 2 N–H and O–H groups in total. The van der Waals surface area contributed by atoms with Gasteiger partial charge in [0.25, 0.3) is 5.91 Å². The lowest BCUT2D eigenvalue weighted by molar-refractivity contribution is 0.0955. The molecule has 0 fully saturated rings. The molecule has 3 aromatic rings. The number of aromatic nitrogens is 2. The third kappa shape index (κ3) is 4.23. The molecule has 2 aromatic heterocycles. The Hall–Kier alpha value is -3.13. The summed E-state index contributed by atoms with van der Waals surface area (Å²) < 4.78 is 10.6. The predicted molar refractivity (Wildman–Crippen MR) is 111 cm³/mol. The topological polar surface area (TPSA) is 88.6 Å². The molecular formula is C20H22N4O3S. The largest absolute Gasteiger partial charge is 0.493 e. The van der Waals surface area contributed by atoms with Gasteiger partial charge in [-0.1, -0.05) is 13.8 Å². The summed E-state index contributed by atoms with van der Waals surface area (Å²) in [5.41, 5.74) is 5.53. The maximum absolute atomic E-state index is 12.2. The molecule has 3 rings (SSSR count). The number of thiophene rings is 1. The molecule has 2 heterocycles. The highest BCUT2D eigenvalue weighted by Crippen LogP contribution is 2.32. The first-order valence-electron chi connectivity index (χ1n) is 8.71. The van der Waals surface area contributed by atoms with Crippen molar-refractivity contribution in [2.75, 3.05) is 14.2 Å². The van der Waals surface area contributed by atoms with Gasteiger partial charge in [-0.2, -0.15) is 10.2 Å². The number of nitrogens with zero attached hydrogens (tertiary/aromatic N) is 2. The number of H-pyrrole nitrogens is 1. The van der Waals surface area contributed by atoms with Crippen LogP contribution in [-0.4, -0.2) is 36.5 Å². The van der Waals surface area contributed by atoms with Gasteiger partial charge < -0.3 is 9.47 Å². The van der Waals surface area contributed by atoms with E-state index in [0.717, 1.165) is 16.8 Å². The van der Waals surface area contributed by atoms with Gasteiger partial charge in [0.2, 0.25) is 0 Å². The minimum absolute atomic E-state index is 0.240. The van der Waals surface area contributed by atoms with E-state index in [1.165, 1.54) is 4.88 Å². The van der Waals surface area contributed by atoms with Gasteiger partial charge in [-0.3, -0.25) is 9.89 Å². The summed E-state index contributed by atoms with van der Waals surface area (Å²) in [4.78, 5) is 13.4. The van der Waals surface area contributed by atoms with Gasteiger partial charge in [0.1, 0.15) is 0 Å². The fraction of sp³-hybridized carbons (Fsp3) is 0.250. The number of amides is 1. The lowest BCUT2D eigenvalue weighted by atomic mass is 10.1. The first-order chi connectivity index (χ1) is 13.5. The van der Waals surface area contributed by atoms with Crippen molar-refractivity contribution in [2.24, 2.45) is 5.10 Å². The van der Waals surface area contributed by atoms with Crippen LogP contribution >= 0.6 is 11.3 Å². The van der Waals surface area contributed by atoms with Gasteiger partial charge in [0.05, 0.1) is 37.9 Å². The fourth-order valence-corrected chi connectivity index (χ4v) is 3.52. The Balaban J connectivity index is 1.74. The fourth-order valence-electron chi connectivity index (χ4n) is 2.62. The van der Waals surface area contributed by atoms with Crippen molar-refractivity contribution in [3.63, 3.8) is 0 Å². The summed E-state index contributed by atoms with van der Waals surface area (Å²) in [7, 11) is 3.17. The zero-order valence-electron chi connectivity index (χ0n) is 16.1. The highest BCUT2D eigenvalue weighted by Gasteiger charge is 2.12. The highest BCUT2D eigenvalue weighted by atomic mass is 32.1. The molecule has 28 heavy (non-hydrogen) atoms. The Morgan fingerprint density at radius 2 is 2.04 bits per heavy atom. The van der Waals surface area contributed by atoms with Crippen LogP contribution in [0.2, 0.25) is 0 Å². The van der Waals surface area contributed by atoms with Crippen LogP contribution in [0, 0.1) is 0 Å². The normalized spacial score (nSPS) is 11.2. The van der Waals surface area contributed by atoms with E-state index in [0.29, 0.717) is 23.0 Å². The molecule has 0 radical (unpaired) electrons. The molecule has 1 amide bonds. The lowest BCUT2D eigenvalue weighted by Crippen LogP contribution is -2.16. The Bertz CT molecular complexity index is 991. The maximum Gasteiger partial charge on any atom is 0.272 e. The standard InChI is InChI=1S/C20H22N4O3S/c1-12(2)18-8-14(11-28-18)20(25)24-22-10-15-9-21-23-19(15)13-5-6-16(26-3)17(7-13)27-4/h5-12H,1-4H3,(H,21,23)(H,24,25)/b22-10+. The molecule has 8 heteroatoms. The van der Waals surface area contributed by atoms with E-state index in [-0.39, 0.29) is 5.91 Å². The van der Waals surface area contributed by atoms with E-state index in [9.17, 15) is 4.79 Å². The highest BCUT2D eigenvalue weighted by molar-refractivity contribution is 7.10. The second-order valence-electron chi connectivity index (χ2n) is 6.36. The number of ether oxygens (including phenoxy) is 2. The molecule has 7 nitrogen and oxygen atoms in total. The van der Waals surface area contributed by atoms with E-state index in [1.54, 1.807) is 38.0 Å². The molecule has 0 saturated carbocycles. The van der Waals surface area contributed by atoms with Gasteiger partial charge in [-0.15, -0.1) is 11.3 Å². The summed E-state index contributed by atoms with van der Waals surface area (Å²) >= 11 is 1.57. The van der Waals surface area contributed by atoms with Crippen molar-refractivity contribution in [1.29, 1.82) is 0 Å². The van der Waals surface area contributed by atoms with Gasteiger partial charge in [0, 0.05) is 21.4 Å². The lowest BCUT2D eigenvalue weighted by Gasteiger charge is -2.09. The van der Waals surface area contributed by atoms with Crippen LogP contribution in [0.1, 0.15) is 40.6 Å². The Morgan fingerprint density at radius 3 is 2.71 bits per heavy atom. The number of hydrogen-bond acceptors (Lipinski definition) is 6. The monoisotopic (exact) mass is 398 g/mol. The molecule has 0 aliphatic carbocycles. The number of hydrazone groups is 1. The van der Waals surface area contributed by atoms with Crippen LogP contribution < -0.4 is 14.9 Å². The first-order valence-corrected chi connectivity index (χ1v) is 9.59. The number of aromatic amines is 1. The van der Waals surface area contributed by atoms with Crippen LogP contribution in [0.5, 0.6) is 11.5 Å². The molecule has 0 unspecified atom stereocenters. The van der Waals surface area contributed by atoms with Crippen LogP contribution in [0.25, 0.3) is 11.3 Å². The van der Waals surface area contributed by atoms with Gasteiger partial charge in [-0.25, -0.2) is 5.43 Å². The van der Waals surface area contributed by atoms with Crippen molar-refractivity contribution < 1.29 is 14.3 Å². The molecule has 146 valence electrons. The SMILES string of the molecule is COc1ccc(-c2[nH]ncc2/C=N/NC(=O)c2csc(C(C)C)c2)cc1OC. The minimum Gasteiger partial charge on any atom is -0.493 e. The van der Waals surface area contributed by atoms with E-state index in [1.807, 2.05) is 29.6 Å². The van der Waals surface area contributed by atoms with Crippen LogP contribution in [0.3, 0.4) is 0 Å². The predicted octanol–water partition coefficient (Wildman–Crippen LogP) is 4.04. The number of hydrogen-bond donors (Lipinski definition) is 2. The summed E-state index contributed by atoms with van der Waals surface area (Å²) in [5.74, 6) is 1.41. The van der Waals surface area contributed by atoms with Crippen molar-refractivity contribution >= 4 is 23.5 Å². The molecule has 0 atom stereocenters. The summed E-state index contributed by atoms with van der Waals surface area (Å²) in [6.45, 7) is 4.19. The molecular weight excluding hydrogens is 376 g/mol. The zero-order valence-corrected chi connectivity index (χ0v) is 17.0. The van der Waals surface area contributed by atoms with Crippen LogP contribution in [0.4, 0.5) is 0 Å². The van der Waals surface area contributed by atoms with E-state index >= 15 is 0 Å². The third-order valence-electron chi connectivity index (χ3n) is 4.16. The van der Waals surface area contributed by atoms with Gasteiger partial charge >= 0.3 is 0 Å². The summed E-state index contributed by atoms with van der Waals surface area (Å²) in [6, 6.07) is 7.46. The second-order valence-corrected chi connectivity index (χ2v) is 7.30. The maximum atomic E-state index is 12.2. The summed E-state index contributed by atoms with van der Waals surface area (Å²) in [6.07, 6.45) is 3.20. The van der Waals surface area contributed by atoms with Crippen LogP contribution in [-0.2, 0) is 0 Å². The quantitative estimate of drug-likeness (QED) is 0.464. The van der Waals surface area contributed by atoms with E-state index < -0.39 is 0 Å². The molecule has 0 spiro atoms. The molecule has 0 bridgehead atoms. The van der Waals surface area contributed by atoms with Crippen LogP contribution in [0.15, 0.2) is 40.9 Å². The van der Waals surface area contributed by atoms with E-state index in [2.05, 4.69) is 34.6 Å². The average molecular weight is 398 g/mol. The molecule has 0 aliphatic rings. The van der Waals surface area contributed by atoms with E-state index in [4.69, 9.17) is 9.47 Å². The number of nitrogens with one attached hydrogen (secondary N) is 2. The molecule has 0 saturated heterocycles. The Morgan fingerprint density at radius 1 is 1.25 bits per heavy atom. The van der Waals surface area contributed by atoms with Gasteiger partial charge in [0.15, 0.2) is 11.5 Å². The number of rotatable bonds is 7. The molecule has 1 aromatic carbocycles. The van der Waals surface area contributed by atoms with Gasteiger partial charge in [-0.05, 0) is 30.2 Å². The Kier molecular flexibility index (Phi) is 6.10. The number of benzene rings is 1. The number of carbonyl (C=O) groups excluding carboxylic acids is 1. The van der Waals surface area contributed by atoms with Crippen molar-refractivity contribution in [2.45, 2.75) is 19.8 Å². The van der Waals surface area contributed by atoms with Crippen molar-refractivity contribution in [3.05, 3.63) is 51.8 Å². The van der Waals surface area contributed by atoms with Crippen molar-refractivity contribution in [1.82, 2.24) is 15.6 Å². The minimum atomic E-state index is -0.240. The third-order valence-corrected chi connectivity index (χ3v) is 5.39. The molecule has 0 aliphatic heterocycles. The van der Waals surface area contributed by atoms with Crippen molar-refractivity contribution in [3.8, 4) is 22.8 Å². The number of methoxy groups -OCH3 is 2. The second kappa shape index (κ2) is 8.71. The average Bonchev–Trinajstić information content (AvgIpc) is 3.37. The smallest absolute Gasteiger partial charge is 0.272 e. The Labute approximate surface area is 167 Å². The first kappa shape index (κ1) is 19.6. The zero-order chi connectivity index (χ0) is 20.1. The summed E-state index contributed by atoms with van der Waals surface area (Å²) in [5, 5.41) is 12.9.